The van der Waals surface area contributed by atoms with Crippen LogP contribution in [0, 0.1) is 5.41 Å². The van der Waals surface area contributed by atoms with Crippen LogP contribution in [0.3, 0.4) is 0 Å². The van der Waals surface area contributed by atoms with Crippen molar-refractivity contribution in [2.45, 2.75) is 52.7 Å². The Morgan fingerprint density at radius 3 is 1.88 bits per heavy atom. The Balaban J connectivity index is 1.55. The van der Waals surface area contributed by atoms with Crippen molar-refractivity contribution in [3.05, 3.63) is 112 Å². The number of halogens is 2. The third-order valence-electron chi connectivity index (χ3n) is 6.13. The fourth-order valence-corrected chi connectivity index (χ4v) is 4.67. The first kappa shape index (κ1) is 36.5. The second kappa shape index (κ2) is 15.3. The zero-order chi connectivity index (χ0) is 35.9. The molecule has 14 heteroatoms. The molecule has 0 spiro atoms. The van der Waals surface area contributed by atoms with Gasteiger partial charge in [0.25, 0.3) is 5.91 Å². The summed E-state index contributed by atoms with van der Waals surface area (Å²) in [4.78, 5) is 52.5. The molecule has 0 saturated heterocycles. The van der Waals surface area contributed by atoms with Crippen LogP contribution in [-0.2, 0) is 9.47 Å². The minimum Gasteiger partial charge on any atom is -0.443 e. The summed E-state index contributed by atoms with van der Waals surface area (Å²) < 4.78 is 10.9. The van der Waals surface area contributed by atoms with Crippen LogP contribution >= 0.6 is 23.2 Å². The quantitative estimate of drug-likeness (QED) is 0.133. The Hall–Kier alpha value is -5.33. The number of rotatable bonds is 6. The molecule has 0 aliphatic carbocycles. The van der Waals surface area contributed by atoms with Crippen molar-refractivity contribution in [1.82, 2.24) is 9.97 Å². The van der Waals surface area contributed by atoms with Crippen molar-refractivity contribution in [1.29, 1.82) is 5.41 Å². The van der Waals surface area contributed by atoms with Crippen LogP contribution in [0.4, 0.5) is 26.7 Å². The van der Waals surface area contributed by atoms with E-state index < -0.39 is 29.3 Å². The van der Waals surface area contributed by atoms with Gasteiger partial charge in [-0.05, 0) is 102 Å². The molecule has 0 radical (unpaired) electrons. The topological polar surface area (TPSA) is 159 Å². The Bertz CT molecular complexity index is 1890. The van der Waals surface area contributed by atoms with E-state index in [4.69, 9.17) is 38.1 Å². The van der Waals surface area contributed by atoms with Gasteiger partial charge in [0, 0.05) is 23.8 Å². The highest BCUT2D eigenvalue weighted by atomic mass is 35.5. The van der Waals surface area contributed by atoms with E-state index in [-0.39, 0.29) is 38.7 Å². The maximum absolute atomic E-state index is 13.3. The first-order chi connectivity index (χ1) is 23.0. The van der Waals surface area contributed by atoms with Gasteiger partial charge in [0.15, 0.2) is 11.7 Å². The van der Waals surface area contributed by atoms with Gasteiger partial charge in [-0.15, -0.1) is 0 Å². The van der Waals surface area contributed by atoms with Crippen molar-refractivity contribution in [3.63, 3.8) is 0 Å². The van der Waals surface area contributed by atoms with Crippen LogP contribution in [-0.4, -0.2) is 50.9 Å². The Labute approximate surface area is 294 Å². The number of anilines is 3. The van der Waals surface area contributed by atoms with E-state index in [1.165, 1.54) is 36.5 Å². The maximum Gasteiger partial charge on any atom is 0.436 e. The largest absolute Gasteiger partial charge is 0.443 e. The van der Waals surface area contributed by atoms with Crippen molar-refractivity contribution >= 4 is 70.0 Å². The van der Waals surface area contributed by atoms with E-state index in [0.29, 0.717) is 17.1 Å². The summed E-state index contributed by atoms with van der Waals surface area (Å²) >= 11 is 13.2. The molecule has 0 saturated carbocycles. The zero-order valence-corrected chi connectivity index (χ0v) is 29.2. The molecule has 0 bridgehead atoms. The highest BCUT2D eigenvalue weighted by Gasteiger charge is 2.30. The van der Waals surface area contributed by atoms with Crippen LogP contribution in [0.2, 0.25) is 10.0 Å². The third-order valence-corrected chi connectivity index (χ3v) is 6.75. The van der Waals surface area contributed by atoms with E-state index in [0.717, 1.165) is 4.90 Å². The van der Waals surface area contributed by atoms with Gasteiger partial charge >= 0.3 is 12.2 Å². The van der Waals surface area contributed by atoms with Crippen LogP contribution in [0.15, 0.2) is 90.2 Å². The summed E-state index contributed by atoms with van der Waals surface area (Å²) in [7, 11) is 0. The summed E-state index contributed by atoms with van der Waals surface area (Å²) in [6.45, 7) is 10.3. The number of hydrogen-bond acceptors (Lipinski definition) is 8. The molecular weight excluding hydrogens is 669 g/mol. The summed E-state index contributed by atoms with van der Waals surface area (Å²) in [5.41, 5.74) is 0.0170. The number of aliphatic imine (C=N–C) groups is 1. The Kier molecular flexibility index (Phi) is 11.4. The second-order valence-corrected chi connectivity index (χ2v) is 13.3. The molecule has 0 aliphatic rings. The molecule has 49 heavy (non-hydrogen) atoms. The summed E-state index contributed by atoms with van der Waals surface area (Å²) in [6.07, 6.45) is 1.42. The van der Waals surface area contributed by atoms with E-state index in [2.05, 4.69) is 25.6 Å². The Morgan fingerprint density at radius 1 is 0.755 bits per heavy atom. The van der Waals surface area contributed by atoms with Crippen LogP contribution in [0.25, 0.3) is 0 Å². The third kappa shape index (κ3) is 10.3. The van der Waals surface area contributed by atoms with E-state index >= 15 is 0 Å². The van der Waals surface area contributed by atoms with Crippen molar-refractivity contribution in [2.75, 3.05) is 15.5 Å². The molecule has 4 aromatic rings. The molecule has 2 aromatic heterocycles. The SMILES string of the molecule is CC(C)(C)OC(=O)N=C(Nc1ccc(C(=O)Nc2ccc(N(C(=N)c3ccccn3)C(=O)OC(C)(C)C)c(Cl)c2)c(Cl)c1)c1ccccn1. The van der Waals surface area contributed by atoms with Gasteiger partial charge in [-0.3, -0.25) is 20.2 Å². The highest BCUT2D eigenvalue weighted by molar-refractivity contribution is 6.36. The van der Waals surface area contributed by atoms with E-state index in [9.17, 15) is 14.4 Å². The zero-order valence-electron chi connectivity index (χ0n) is 27.7. The standard InChI is InChI=1S/C35H35Cl2N7O5/c1-34(2,3)48-32(46)43-30(27-12-8-10-18-40-27)41-21-13-15-23(24(36)19-21)31(45)42-22-14-16-28(25(37)20-22)44(33(47)49-35(4,5)6)29(38)26-11-7-9-17-39-26/h7-20,38H,1-6H3,(H,42,45)(H,41,43,46). The van der Waals surface area contributed by atoms with Gasteiger partial charge in [0.2, 0.25) is 0 Å². The van der Waals surface area contributed by atoms with Gasteiger partial charge in [0.1, 0.15) is 22.6 Å². The fourth-order valence-electron chi connectivity index (χ4n) is 4.14. The van der Waals surface area contributed by atoms with Gasteiger partial charge in [0.05, 0.1) is 21.3 Å². The monoisotopic (exact) mass is 703 g/mol. The smallest absolute Gasteiger partial charge is 0.436 e. The van der Waals surface area contributed by atoms with Crippen molar-refractivity contribution in [3.8, 4) is 0 Å². The minimum atomic E-state index is -0.852. The second-order valence-electron chi connectivity index (χ2n) is 12.5. The molecule has 2 aromatic carbocycles. The number of nitrogens with one attached hydrogen (secondary N) is 3. The van der Waals surface area contributed by atoms with E-state index in [1.807, 2.05) is 0 Å². The molecule has 0 atom stereocenters. The average Bonchev–Trinajstić information content (AvgIpc) is 3.01. The van der Waals surface area contributed by atoms with Gasteiger partial charge in [-0.25, -0.2) is 14.5 Å². The van der Waals surface area contributed by atoms with Crippen molar-refractivity contribution < 1.29 is 23.9 Å². The molecule has 0 unspecified atom stereocenters. The number of pyridine rings is 2. The predicted molar refractivity (Wildman–Crippen MR) is 191 cm³/mol. The lowest BCUT2D eigenvalue weighted by molar-refractivity contribution is 0.0592. The first-order valence-electron chi connectivity index (χ1n) is 14.9. The lowest BCUT2D eigenvalue weighted by Crippen LogP contribution is -2.41. The molecule has 4 rings (SSSR count). The summed E-state index contributed by atoms with van der Waals surface area (Å²) in [5.74, 6) is -0.677. The first-order valence-corrected chi connectivity index (χ1v) is 15.7. The van der Waals surface area contributed by atoms with Crippen LogP contribution in [0.5, 0.6) is 0 Å². The highest BCUT2D eigenvalue weighted by Crippen LogP contribution is 2.32. The molecule has 2 heterocycles. The number of aromatic nitrogens is 2. The fraction of sp³-hybridized carbons (Fsp3) is 0.229. The average molecular weight is 705 g/mol. The molecule has 0 fully saturated rings. The number of benzene rings is 2. The number of nitrogens with zero attached hydrogens (tertiary/aromatic N) is 4. The normalized spacial score (nSPS) is 11.7. The molecular formula is C35H35Cl2N7O5. The van der Waals surface area contributed by atoms with Gasteiger partial charge in [-0.1, -0.05) is 35.3 Å². The van der Waals surface area contributed by atoms with Crippen molar-refractivity contribution in [2.24, 2.45) is 4.99 Å². The molecule has 0 aliphatic heterocycles. The van der Waals surface area contributed by atoms with Crippen LogP contribution < -0.4 is 15.5 Å². The molecule has 254 valence electrons. The number of carbonyl (C=O) groups is 3. The lowest BCUT2D eigenvalue weighted by atomic mass is 10.1. The number of carbonyl (C=O) groups excluding carboxylic acids is 3. The van der Waals surface area contributed by atoms with Crippen LogP contribution in [0.1, 0.15) is 63.3 Å². The van der Waals surface area contributed by atoms with E-state index in [1.54, 1.807) is 90.2 Å². The maximum atomic E-state index is 13.3. The summed E-state index contributed by atoms with van der Waals surface area (Å²) in [5, 5.41) is 14.6. The Morgan fingerprint density at radius 2 is 1.33 bits per heavy atom. The minimum absolute atomic E-state index is 0.0568. The van der Waals surface area contributed by atoms with Gasteiger partial charge in [-0.2, -0.15) is 4.99 Å². The lowest BCUT2D eigenvalue weighted by Gasteiger charge is -2.28. The molecule has 3 amide bonds. The molecule has 12 nitrogen and oxygen atoms in total. The number of amidine groups is 2. The predicted octanol–water partition coefficient (Wildman–Crippen LogP) is 8.60. The van der Waals surface area contributed by atoms with Gasteiger partial charge < -0.3 is 20.1 Å². The summed E-state index contributed by atoms with van der Waals surface area (Å²) in [6, 6.07) is 19.1. The number of ether oxygens (including phenoxy) is 2. The number of amides is 3. The number of hydrogen-bond donors (Lipinski definition) is 3. The molecule has 3 N–H and O–H groups in total.